The first-order valence-corrected chi connectivity index (χ1v) is 3.98. The van der Waals surface area contributed by atoms with Gasteiger partial charge in [-0.3, -0.25) is 0 Å². The number of carbonyl (C=O) groups is 1. The third-order valence-electron chi connectivity index (χ3n) is 2.01. The van der Waals surface area contributed by atoms with Crippen LogP contribution < -0.4 is 22.1 Å². The molecule has 0 unspecified atom stereocenters. The molecule has 0 radical (unpaired) electrons. The predicted molar refractivity (Wildman–Crippen MR) is 54.0 cm³/mol. The van der Waals surface area contributed by atoms with E-state index < -0.39 is 5.97 Å². The van der Waals surface area contributed by atoms with Gasteiger partial charge in [0, 0.05) is 5.56 Å². The van der Waals surface area contributed by atoms with E-state index in [0.717, 1.165) is 10.8 Å². The van der Waals surface area contributed by atoms with Crippen LogP contribution in [0.25, 0.3) is 10.8 Å². The van der Waals surface area contributed by atoms with Crippen LogP contribution >= 0.6 is 0 Å². The van der Waals surface area contributed by atoms with Crippen LogP contribution in [0.5, 0.6) is 0 Å². The fourth-order valence-electron chi connectivity index (χ4n) is 1.40. The van der Waals surface area contributed by atoms with Crippen molar-refractivity contribution in [1.29, 1.82) is 0 Å². The molecule has 2 nitrogen and oxygen atoms in total. The van der Waals surface area contributed by atoms with E-state index in [1.54, 1.807) is 18.2 Å². The predicted octanol–water partition coefficient (Wildman–Crippen LogP) is -2.17. The Balaban J connectivity index is 0.000000980. The van der Waals surface area contributed by atoms with Gasteiger partial charge in [-0.05, 0) is 10.8 Å². The van der Waals surface area contributed by atoms with E-state index in [4.69, 9.17) is 0 Å². The number of halogens is 1. The molecule has 72 valence electrons. The van der Waals surface area contributed by atoms with E-state index in [0.29, 0.717) is 0 Å². The Labute approximate surface area is 114 Å². The van der Waals surface area contributed by atoms with E-state index in [-0.39, 0.29) is 45.6 Å². The zero-order valence-electron chi connectivity index (χ0n) is 7.94. The number of fused-ring (bicyclic) bond motifs is 1. The maximum absolute atomic E-state index is 10.7. The number of carboxylic acid groups (broad SMARTS) is 1. The van der Waals surface area contributed by atoms with Gasteiger partial charge in [0.1, 0.15) is 0 Å². The van der Waals surface area contributed by atoms with Crippen molar-refractivity contribution < 1.29 is 26.9 Å². The molecule has 0 aromatic heterocycles. The van der Waals surface area contributed by atoms with Gasteiger partial charge in [0.25, 0.3) is 0 Å². The van der Waals surface area contributed by atoms with Gasteiger partial charge in [-0.25, -0.2) is 0 Å². The van der Waals surface area contributed by atoms with Crippen molar-refractivity contribution in [2.24, 2.45) is 0 Å². The molecule has 4 heteroatoms. The Hall–Kier alpha value is -0.584. The van der Waals surface area contributed by atoms with Gasteiger partial charge in [-0.2, -0.15) is 0 Å². The molecule has 0 aliphatic heterocycles. The standard InChI is InChI=1S/C11H8O2.BrH.Mg/c12-11(13)10-7-3-5-8-4-1-2-6-9(8)10;;/h1-7H,(H,12,13);1H;/q;;+2/p-2. The summed E-state index contributed by atoms with van der Waals surface area (Å²) in [5, 5.41) is 12.4. The van der Waals surface area contributed by atoms with Gasteiger partial charge >= 0.3 is 23.1 Å². The van der Waals surface area contributed by atoms with E-state index in [1.165, 1.54) is 0 Å². The van der Waals surface area contributed by atoms with Crippen LogP contribution in [0.1, 0.15) is 10.4 Å². The average molecular weight is 275 g/mol. The number of hydrogen-bond acceptors (Lipinski definition) is 2. The second-order valence-corrected chi connectivity index (χ2v) is 2.81. The Bertz CT molecular complexity index is 466. The normalized spacial score (nSPS) is 8.80. The molecule has 2 aromatic rings. The van der Waals surface area contributed by atoms with Gasteiger partial charge in [-0.15, -0.1) is 0 Å². The largest absolute Gasteiger partial charge is 2.00 e. The fourth-order valence-corrected chi connectivity index (χ4v) is 1.40. The maximum Gasteiger partial charge on any atom is 2.00 e. The van der Waals surface area contributed by atoms with Gasteiger partial charge in [0.15, 0.2) is 0 Å². The molecule has 0 spiro atoms. The molecule has 0 aliphatic rings. The summed E-state index contributed by atoms with van der Waals surface area (Å²) in [6.45, 7) is 0. The molecular weight excluding hydrogens is 268 g/mol. The molecule has 0 aliphatic carbocycles. The molecule has 0 amide bonds. The van der Waals surface area contributed by atoms with Gasteiger partial charge in [0.05, 0.1) is 5.97 Å². The van der Waals surface area contributed by atoms with E-state index in [9.17, 15) is 9.90 Å². The molecule has 0 bridgehead atoms. The van der Waals surface area contributed by atoms with Crippen molar-refractivity contribution in [2.45, 2.75) is 0 Å². The van der Waals surface area contributed by atoms with Crippen molar-refractivity contribution in [3.8, 4) is 0 Å². The van der Waals surface area contributed by atoms with E-state index in [1.807, 2.05) is 24.3 Å². The Morgan fingerprint density at radius 2 is 1.60 bits per heavy atom. The average Bonchev–Trinajstić information content (AvgIpc) is 2.17. The topological polar surface area (TPSA) is 40.1 Å². The SMILES string of the molecule is O=C([O-])c1cccc2ccccc12.[Br-].[Mg+2]. The molecule has 0 heterocycles. The molecule has 0 atom stereocenters. The van der Waals surface area contributed by atoms with Gasteiger partial charge < -0.3 is 26.9 Å². The van der Waals surface area contributed by atoms with Crippen molar-refractivity contribution >= 4 is 39.8 Å². The summed E-state index contributed by atoms with van der Waals surface area (Å²) in [5.74, 6) is -1.13. The summed E-state index contributed by atoms with van der Waals surface area (Å²) in [6.07, 6.45) is 0. The first kappa shape index (κ1) is 14.4. The molecule has 15 heavy (non-hydrogen) atoms. The molecule has 2 aromatic carbocycles. The summed E-state index contributed by atoms with van der Waals surface area (Å²) in [6, 6.07) is 12.5. The summed E-state index contributed by atoms with van der Waals surface area (Å²) >= 11 is 0. The molecule has 0 N–H and O–H groups in total. The van der Waals surface area contributed by atoms with Crippen LogP contribution in [-0.2, 0) is 0 Å². The minimum absolute atomic E-state index is 0. The van der Waals surface area contributed by atoms with Crippen molar-refractivity contribution in [1.82, 2.24) is 0 Å². The minimum atomic E-state index is -1.13. The smallest absolute Gasteiger partial charge is 1.00 e. The number of carboxylic acids is 1. The molecular formula is C11H7BrMgO2. The van der Waals surface area contributed by atoms with Crippen LogP contribution in [0.4, 0.5) is 0 Å². The molecule has 2 rings (SSSR count). The molecule has 0 saturated carbocycles. The van der Waals surface area contributed by atoms with Crippen LogP contribution in [0.3, 0.4) is 0 Å². The molecule has 0 saturated heterocycles. The van der Waals surface area contributed by atoms with Gasteiger partial charge in [0.2, 0.25) is 0 Å². The number of hydrogen-bond donors (Lipinski definition) is 0. The summed E-state index contributed by atoms with van der Waals surface area (Å²) in [4.78, 5) is 10.7. The van der Waals surface area contributed by atoms with Crippen molar-refractivity contribution in [2.75, 3.05) is 0 Å². The molecule has 0 fully saturated rings. The van der Waals surface area contributed by atoms with E-state index >= 15 is 0 Å². The minimum Gasteiger partial charge on any atom is -1.00 e. The summed E-state index contributed by atoms with van der Waals surface area (Å²) < 4.78 is 0. The van der Waals surface area contributed by atoms with Crippen molar-refractivity contribution in [3.63, 3.8) is 0 Å². The van der Waals surface area contributed by atoms with Gasteiger partial charge in [-0.1, -0.05) is 42.5 Å². The van der Waals surface area contributed by atoms with Crippen LogP contribution in [0.15, 0.2) is 42.5 Å². The number of aromatic carboxylic acids is 1. The second-order valence-electron chi connectivity index (χ2n) is 2.81. The van der Waals surface area contributed by atoms with Crippen LogP contribution in [0.2, 0.25) is 0 Å². The number of carbonyl (C=O) groups excluding carboxylic acids is 1. The second kappa shape index (κ2) is 6.10. The first-order chi connectivity index (χ1) is 6.29. The zero-order chi connectivity index (χ0) is 9.26. The number of rotatable bonds is 1. The zero-order valence-corrected chi connectivity index (χ0v) is 10.9. The third kappa shape index (κ3) is 2.93. The third-order valence-corrected chi connectivity index (χ3v) is 2.01. The Morgan fingerprint density at radius 3 is 2.27 bits per heavy atom. The van der Waals surface area contributed by atoms with Crippen molar-refractivity contribution in [3.05, 3.63) is 48.0 Å². The quantitative estimate of drug-likeness (QED) is 0.556. The Kier molecular flexibility index (Phi) is 5.86. The summed E-state index contributed by atoms with van der Waals surface area (Å²) in [5.41, 5.74) is 0.248. The Morgan fingerprint density at radius 1 is 1.00 bits per heavy atom. The number of benzene rings is 2. The van der Waals surface area contributed by atoms with Crippen LogP contribution in [-0.4, -0.2) is 29.0 Å². The maximum atomic E-state index is 10.7. The summed E-state index contributed by atoms with van der Waals surface area (Å²) in [7, 11) is 0. The monoisotopic (exact) mass is 274 g/mol. The van der Waals surface area contributed by atoms with E-state index in [2.05, 4.69) is 0 Å². The fraction of sp³-hybridized carbons (Fsp3) is 0. The van der Waals surface area contributed by atoms with Crippen LogP contribution in [0, 0.1) is 0 Å². The first-order valence-electron chi connectivity index (χ1n) is 3.98.